The van der Waals surface area contributed by atoms with Crippen LogP contribution in [0.4, 0.5) is 4.39 Å². The van der Waals surface area contributed by atoms with Gasteiger partial charge >= 0.3 is 0 Å². The third-order valence-corrected chi connectivity index (χ3v) is 5.09. The molecule has 0 aliphatic carbocycles. The fraction of sp³-hybridized carbons (Fsp3) is 0.476. The Balaban J connectivity index is 1.63. The molecule has 1 saturated heterocycles. The zero-order chi connectivity index (χ0) is 17.5. The highest BCUT2D eigenvalue weighted by atomic mass is 19.1. The highest BCUT2D eigenvalue weighted by Crippen LogP contribution is 2.36. The number of halogens is 1. The zero-order valence-electron chi connectivity index (χ0n) is 15.0. The Morgan fingerprint density at radius 1 is 1.24 bits per heavy atom. The number of benzene rings is 1. The standard InChI is InChI=1S/C21H27FN2O/c1-2-25-17-21(9-8-18-5-3-7-20(22)13-18)10-12-24(16-21)15-19-6-4-11-23-14-19/h3-7,11,13-14H,2,8-10,12,15-17H2,1H3/t21-/m0/s1. The molecule has 0 amide bonds. The van der Waals surface area contributed by atoms with Crippen LogP contribution in [-0.4, -0.2) is 36.2 Å². The first-order chi connectivity index (χ1) is 12.2. The van der Waals surface area contributed by atoms with E-state index >= 15 is 0 Å². The van der Waals surface area contributed by atoms with Crippen LogP contribution in [0.2, 0.25) is 0 Å². The van der Waals surface area contributed by atoms with Crippen LogP contribution in [0.5, 0.6) is 0 Å². The van der Waals surface area contributed by atoms with Gasteiger partial charge in [-0.15, -0.1) is 0 Å². The molecule has 3 nitrogen and oxygen atoms in total. The summed E-state index contributed by atoms with van der Waals surface area (Å²) in [6, 6.07) is 11.1. The van der Waals surface area contributed by atoms with Gasteiger partial charge in [0.05, 0.1) is 6.61 Å². The molecule has 2 heterocycles. The van der Waals surface area contributed by atoms with E-state index in [1.807, 2.05) is 31.5 Å². The van der Waals surface area contributed by atoms with Crippen LogP contribution in [0.15, 0.2) is 48.8 Å². The molecular weight excluding hydrogens is 315 g/mol. The molecule has 0 unspecified atom stereocenters. The highest BCUT2D eigenvalue weighted by molar-refractivity contribution is 5.17. The zero-order valence-corrected chi connectivity index (χ0v) is 15.0. The minimum atomic E-state index is -0.152. The van der Waals surface area contributed by atoms with Crippen molar-refractivity contribution in [2.75, 3.05) is 26.3 Å². The lowest BCUT2D eigenvalue weighted by Crippen LogP contribution is -2.32. The average Bonchev–Trinajstić information content (AvgIpc) is 3.03. The van der Waals surface area contributed by atoms with Crippen molar-refractivity contribution >= 4 is 0 Å². The van der Waals surface area contributed by atoms with Crippen molar-refractivity contribution in [3.05, 3.63) is 65.7 Å². The van der Waals surface area contributed by atoms with E-state index in [0.29, 0.717) is 0 Å². The molecule has 134 valence electrons. The van der Waals surface area contributed by atoms with Gasteiger partial charge in [-0.3, -0.25) is 9.88 Å². The molecule has 1 aromatic heterocycles. The molecule has 0 radical (unpaired) electrons. The molecule has 1 aliphatic heterocycles. The average molecular weight is 342 g/mol. The molecular formula is C21H27FN2O. The van der Waals surface area contributed by atoms with Crippen LogP contribution in [0.1, 0.15) is 30.9 Å². The van der Waals surface area contributed by atoms with E-state index in [1.165, 1.54) is 11.6 Å². The summed E-state index contributed by atoms with van der Waals surface area (Å²) in [5.74, 6) is -0.152. The maximum absolute atomic E-state index is 13.4. The lowest BCUT2D eigenvalue weighted by Gasteiger charge is -2.29. The van der Waals surface area contributed by atoms with E-state index in [0.717, 1.165) is 57.7 Å². The van der Waals surface area contributed by atoms with Crippen molar-refractivity contribution in [1.82, 2.24) is 9.88 Å². The number of aryl methyl sites for hydroxylation is 1. The van der Waals surface area contributed by atoms with E-state index in [4.69, 9.17) is 4.74 Å². The number of pyridine rings is 1. The van der Waals surface area contributed by atoms with E-state index in [2.05, 4.69) is 16.0 Å². The molecule has 3 rings (SSSR count). The second-order valence-corrected chi connectivity index (χ2v) is 7.09. The number of rotatable bonds is 8. The van der Waals surface area contributed by atoms with Gasteiger partial charge in [0, 0.05) is 37.5 Å². The van der Waals surface area contributed by atoms with Gasteiger partial charge < -0.3 is 4.74 Å². The summed E-state index contributed by atoms with van der Waals surface area (Å²) in [4.78, 5) is 6.70. The fourth-order valence-corrected chi connectivity index (χ4v) is 3.73. The molecule has 25 heavy (non-hydrogen) atoms. The number of aromatic nitrogens is 1. The number of likely N-dealkylation sites (tertiary alicyclic amines) is 1. The lowest BCUT2D eigenvalue weighted by atomic mass is 9.82. The first kappa shape index (κ1) is 18.0. The number of hydrogen-bond donors (Lipinski definition) is 0. The third kappa shape index (κ3) is 5.10. The molecule has 0 saturated carbocycles. The molecule has 4 heteroatoms. The Kier molecular flexibility index (Phi) is 6.16. The lowest BCUT2D eigenvalue weighted by molar-refractivity contribution is 0.0489. The predicted molar refractivity (Wildman–Crippen MR) is 97.8 cm³/mol. The van der Waals surface area contributed by atoms with Gasteiger partial charge in [-0.25, -0.2) is 4.39 Å². The predicted octanol–water partition coefficient (Wildman–Crippen LogP) is 4.08. The molecule has 2 aromatic rings. The van der Waals surface area contributed by atoms with Crippen molar-refractivity contribution in [2.24, 2.45) is 5.41 Å². The van der Waals surface area contributed by atoms with Crippen LogP contribution >= 0.6 is 0 Å². The van der Waals surface area contributed by atoms with E-state index in [1.54, 1.807) is 12.1 Å². The second-order valence-electron chi connectivity index (χ2n) is 7.09. The molecule has 1 aliphatic rings. The van der Waals surface area contributed by atoms with Crippen molar-refractivity contribution in [3.8, 4) is 0 Å². The topological polar surface area (TPSA) is 25.4 Å². The van der Waals surface area contributed by atoms with Crippen LogP contribution in [-0.2, 0) is 17.7 Å². The van der Waals surface area contributed by atoms with Crippen molar-refractivity contribution < 1.29 is 9.13 Å². The largest absolute Gasteiger partial charge is 0.381 e. The van der Waals surface area contributed by atoms with Gasteiger partial charge in [0.2, 0.25) is 0 Å². The van der Waals surface area contributed by atoms with Crippen LogP contribution in [0.3, 0.4) is 0 Å². The Morgan fingerprint density at radius 2 is 2.12 bits per heavy atom. The fourth-order valence-electron chi connectivity index (χ4n) is 3.73. The first-order valence-corrected chi connectivity index (χ1v) is 9.13. The molecule has 0 N–H and O–H groups in total. The van der Waals surface area contributed by atoms with Crippen LogP contribution in [0, 0.1) is 11.2 Å². The van der Waals surface area contributed by atoms with Gasteiger partial charge in [-0.05, 0) is 62.1 Å². The van der Waals surface area contributed by atoms with Crippen LogP contribution in [0.25, 0.3) is 0 Å². The third-order valence-electron chi connectivity index (χ3n) is 5.09. The summed E-state index contributed by atoms with van der Waals surface area (Å²) in [7, 11) is 0. The molecule has 1 atom stereocenters. The van der Waals surface area contributed by atoms with E-state index in [9.17, 15) is 4.39 Å². The van der Waals surface area contributed by atoms with Gasteiger partial charge in [0.15, 0.2) is 0 Å². The molecule has 1 fully saturated rings. The summed E-state index contributed by atoms with van der Waals surface area (Å²) in [5, 5.41) is 0. The van der Waals surface area contributed by atoms with Crippen molar-refractivity contribution in [1.29, 1.82) is 0 Å². The maximum atomic E-state index is 13.4. The highest BCUT2D eigenvalue weighted by Gasteiger charge is 2.37. The van der Waals surface area contributed by atoms with Crippen molar-refractivity contribution in [3.63, 3.8) is 0 Å². The van der Waals surface area contributed by atoms with E-state index < -0.39 is 0 Å². The van der Waals surface area contributed by atoms with Crippen molar-refractivity contribution in [2.45, 2.75) is 32.7 Å². The Hall–Kier alpha value is -1.78. The number of hydrogen-bond acceptors (Lipinski definition) is 3. The van der Waals surface area contributed by atoms with Gasteiger partial charge in [0.1, 0.15) is 5.82 Å². The Morgan fingerprint density at radius 3 is 2.88 bits per heavy atom. The van der Waals surface area contributed by atoms with Gasteiger partial charge in [0.25, 0.3) is 0 Å². The monoisotopic (exact) mass is 342 g/mol. The summed E-state index contributed by atoms with van der Waals surface area (Å²) >= 11 is 0. The smallest absolute Gasteiger partial charge is 0.123 e. The first-order valence-electron chi connectivity index (χ1n) is 9.13. The van der Waals surface area contributed by atoms with Gasteiger partial charge in [-0.2, -0.15) is 0 Å². The normalized spacial score (nSPS) is 20.9. The Labute approximate surface area is 149 Å². The molecule has 1 aromatic carbocycles. The van der Waals surface area contributed by atoms with Crippen LogP contribution < -0.4 is 0 Å². The summed E-state index contributed by atoms with van der Waals surface area (Å²) in [6.45, 7) is 6.60. The number of nitrogens with zero attached hydrogens (tertiary/aromatic N) is 2. The van der Waals surface area contributed by atoms with Gasteiger partial charge in [-0.1, -0.05) is 18.2 Å². The molecule has 0 spiro atoms. The SMILES string of the molecule is CCOC[C@@]1(CCc2cccc(F)c2)CCN(Cc2cccnc2)C1. The Bertz CT molecular complexity index is 664. The summed E-state index contributed by atoms with van der Waals surface area (Å²) in [6.07, 6.45) is 6.80. The molecule has 0 bridgehead atoms. The minimum Gasteiger partial charge on any atom is -0.381 e. The summed E-state index contributed by atoms with van der Waals surface area (Å²) < 4.78 is 19.2. The summed E-state index contributed by atoms with van der Waals surface area (Å²) in [5.41, 5.74) is 2.48. The minimum absolute atomic E-state index is 0.152. The maximum Gasteiger partial charge on any atom is 0.123 e. The second kappa shape index (κ2) is 8.54. The number of ether oxygens (including phenoxy) is 1. The van der Waals surface area contributed by atoms with E-state index in [-0.39, 0.29) is 11.2 Å². The quantitative estimate of drug-likeness (QED) is 0.723.